The first-order valence-corrected chi connectivity index (χ1v) is 7.76. The molecule has 7 heteroatoms. The van der Waals surface area contributed by atoms with Crippen molar-refractivity contribution in [3.8, 4) is 0 Å². The zero-order chi connectivity index (χ0) is 15.1. The summed E-state index contributed by atoms with van der Waals surface area (Å²) in [7, 11) is 1.76. The van der Waals surface area contributed by atoms with Crippen LogP contribution in [0.2, 0.25) is 0 Å². The smallest absolute Gasteiger partial charge is 0.296 e. The van der Waals surface area contributed by atoms with Gasteiger partial charge in [0.05, 0.1) is 20.7 Å². The molecule has 2 heterocycles. The molecule has 108 valence electrons. The number of rotatable bonds is 3. The standard InChI is InChI=1S/C14H10BrFN2O2S/c1-18(5-7-2-12(15)21-6-7)11-4-10-8(3-9(11)16)13(19)14(20)17-10/h2-4,6H,5H2,1H3,(H,17,19,20). The fourth-order valence-corrected chi connectivity index (χ4v) is 3.44. The zero-order valence-electron chi connectivity index (χ0n) is 10.9. The van der Waals surface area contributed by atoms with Gasteiger partial charge in [0.15, 0.2) is 0 Å². The zero-order valence-corrected chi connectivity index (χ0v) is 13.3. The van der Waals surface area contributed by atoms with Crippen LogP contribution in [0.25, 0.3) is 0 Å². The highest BCUT2D eigenvalue weighted by Crippen LogP contribution is 2.32. The van der Waals surface area contributed by atoms with Gasteiger partial charge in [0, 0.05) is 13.6 Å². The maximum absolute atomic E-state index is 14.2. The Bertz CT molecular complexity index is 759. The van der Waals surface area contributed by atoms with E-state index < -0.39 is 17.5 Å². The molecule has 4 nitrogen and oxygen atoms in total. The molecular formula is C14H10BrFN2O2S. The van der Waals surface area contributed by atoms with Crippen LogP contribution in [0.3, 0.4) is 0 Å². The first-order valence-electron chi connectivity index (χ1n) is 6.09. The molecule has 3 rings (SSSR count). The molecule has 0 radical (unpaired) electrons. The minimum atomic E-state index is -0.717. The Balaban J connectivity index is 1.91. The molecule has 0 bridgehead atoms. The lowest BCUT2D eigenvalue weighted by Crippen LogP contribution is -2.17. The number of benzene rings is 1. The number of fused-ring (bicyclic) bond motifs is 1. The van der Waals surface area contributed by atoms with Crippen LogP contribution in [0.1, 0.15) is 15.9 Å². The average molecular weight is 369 g/mol. The molecule has 0 spiro atoms. The summed E-state index contributed by atoms with van der Waals surface area (Å²) in [6.07, 6.45) is 0. The van der Waals surface area contributed by atoms with E-state index in [-0.39, 0.29) is 5.56 Å². The quantitative estimate of drug-likeness (QED) is 0.844. The highest BCUT2D eigenvalue weighted by Gasteiger charge is 2.30. The Morgan fingerprint density at radius 3 is 2.76 bits per heavy atom. The second kappa shape index (κ2) is 5.23. The fourth-order valence-electron chi connectivity index (χ4n) is 2.23. The van der Waals surface area contributed by atoms with Gasteiger partial charge in [-0.05, 0) is 45.1 Å². The number of Topliss-reactive ketones (excluding diaryl/α,β-unsaturated/α-hetero) is 1. The van der Waals surface area contributed by atoms with Gasteiger partial charge in [0.1, 0.15) is 5.82 Å². The molecule has 21 heavy (non-hydrogen) atoms. The number of carbonyl (C=O) groups excluding carboxylic acids is 2. The molecule has 0 saturated heterocycles. The van der Waals surface area contributed by atoms with E-state index in [1.54, 1.807) is 23.3 Å². The molecule has 0 atom stereocenters. The van der Waals surface area contributed by atoms with E-state index in [9.17, 15) is 14.0 Å². The van der Waals surface area contributed by atoms with Crippen LogP contribution < -0.4 is 10.2 Å². The van der Waals surface area contributed by atoms with Crippen molar-refractivity contribution in [2.24, 2.45) is 0 Å². The molecule has 1 aromatic carbocycles. The first-order chi connectivity index (χ1) is 9.95. The predicted octanol–water partition coefficient (Wildman–Crippen LogP) is 3.42. The number of carbonyl (C=O) groups is 2. The minimum absolute atomic E-state index is 0.0907. The lowest BCUT2D eigenvalue weighted by Gasteiger charge is -2.20. The van der Waals surface area contributed by atoms with Crippen LogP contribution in [-0.4, -0.2) is 18.7 Å². The van der Waals surface area contributed by atoms with Crippen molar-refractivity contribution in [2.45, 2.75) is 6.54 Å². The van der Waals surface area contributed by atoms with Gasteiger partial charge in [-0.3, -0.25) is 9.59 Å². The van der Waals surface area contributed by atoms with Crippen LogP contribution in [0, 0.1) is 5.82 Å². The summed E-state index contributed by atoms with van der Waals surface area (Å²) < 4.78 is 15.2. The van der Waals surface area contributed by atoms with Gasteiger partial charge in [0.25, 0.3) is 11.7 Å². The summed E-state index contributed by atoms with van der Waals surface area (Å²) in [5.74, 6) is -1.93. The van der Waals surface area contributed by atoms with Gasteiger partial charge in [-0.25, -0.2) is 4.39 Å². The van der Waals surface area contributed by atoms with Crippen LogP contribution in [0.4, 0.5) is 15.8 Å². The van der Waals surface area contributed by atoms with E-state index in [0.717, 1.165) is 15.4 Å². The number of thiophene rings is 1. The topological polar surface area (TPSA) is 49.4 Å². The van der Waals surface area contributed by atoms with E-state index in [4.69, 9.17) is 0 Å². The minimum Gasteiger partial charge on any atom is -0.368 e. The SMILES string of the molecule is CN(Cc1csc(Br)c1)c1cc2c(cc1F)C(=O)C(=O)N2. The highest BCUT2D eigenvalue weighted by molar-refractivity contribution is 9.11. The van der Waals surface area contributed by atoms with Crippen molar-refractivity contribution in [1.82, 2.24) is 0 Å². The number of nitrogens with one attached hydrogen (secondary N) is 1. The van der Waals surface area contributed by atoms with Gasteiger partial charge in [0.2, 0.25) is 0 Å². The number of halogens is 2. The maximum Gasteiger partial charge on any atom is 0.296 e. The molecular weight excluding hydrogens is 359 g/mol. The van der Waals surface area contributed by atoms with Crippen molar-refractivity contribution in [2.75, 3.05) is 17.3 Å². The average Bonchev–Trinajstić information content (AvgIpc) is 2.95. The molecule has 1 N–H and O–H groups in total. The van der Waals surface area contributed by atoms with Crippen molar-refractivity contribution < 1.29 is 14.0 Å². The third kappa shape index (κ3) is 2.58. The summed E-state index contributed by atoms with van der Waals surface area (Å²) in [5, 5.41) is 4.43. The molecule has 1 aliphatic rings. The van der Waals surface area contributed by atoms with Crippen molar-refractivity contribution in [3.63, 3.8) is 0 Å². The monoisotopic (exact) mass is 368 g/mol. The number of hydrogen-bond acceptors (Lipinski definition) is 4. The third-order valence-electron chi connectivity index (χ3n) is 3.24. The van der Waals surface area contributed by atoms with E-state index in [1.807, 2.05) is 11.4 Å². The lowest BCUT2D eigenvalue weighted by molar-refractivity contribution is -0.112. The van der Waals surface area contributed by atoms with Crippen LogP contribution in [0.5, 0.6) is 0 Å². The summed E-state index contributed by atoms with van der Waals surface area (Å²) in [6.45, 7) is 0.527. The highest BCUT2D eigenvalue weighted by atomic mass is 79.9. The predicted molar refractivity (Wildman–Crippen MR) is 83.5 cm³/mol. The van der Waals surface area contributed by atoms with Crippen LogP contribution in [-0.2, 0) is 11.3 Å². The molecule has 1 aromatic heterocycles. The molecule has 0 saturated carbocycles. The number of amides is 1. The van der Waals surface area contributed by atoms with E-state index in [2.05, 4.69) is 21.2 Å². The maximum atomic E-state index is 14.2. The summed E-state index contributed by atoms with van der Waals surface area (Å²) in [6, 6.07) is 4.58. The van der Waals surface area contributed by atoms with Crippen LogP contribution in [0.15, 0.2) is 27.4 Å². The Labute approximate surface area is 132 Å². The van der Waals surface area contributed by atoms with Crippen molar-refractivity contribution >= 4 is 50.3 Å². The molecule has 1 amide bonds. The van der Waals surface area contributed by atoms with Crippen molar-refractivity contribution in [3.05, 3.63) is 44.3 Å². The summed E-state index contributed by atoms with van der Waals surface area (Å²) >= 11 is 4.95. The second-order valence-electron chi connectivity index (χ2n) is 4.75. The number of nitrogens with zero attached hydrogens (tertiary/aromatic N) is 1. The van der Waals surface area contributed by atoms with E-state index in [0.29, 0.717) is 17.9 Å². The molecule has 1 aliphatic heterocycles. The van der Waals surface area contributed by atoms with E-state index in [1.165, 1.54) is 6.07 Å². The van der Waals surface area contributed by atoms with Crippen molar-refractivity contribution in [1.29, 1.82) is 0 Å². The van der Waals surface area contributed by atoms with Gasteiger partial charge >= 0.3 is 0 Å². The Kier molecular flexibility index (Phi) is 3.54. The van der Waals surface area contributed by atoms with Gasteiger partial charge in [-0.1, -0.05) is 0 Å². The normalized spacial score (nSPS) is 13.3. The number of hydrogen-bond donors (Lipinski definition) is 1. The lowest BCUT2D eigenvalue weighted by atomic mass is 10.1. The van der Waals surface area contributed by atoms with E-state index >= 15 is 0 Å². The Morgan fingerprint density at radius 1 is 1.33 bits per heavy atom. The third-order valence-corrected chi connectivity index (χ3v) is 4.79. The summed E-state index contributed by atoms with van der Waals surface area (Å²) in [5.41, 5.74) is 1.84. The Hall–Kier alpha value is -1.73. The Morgan fingerprint density at radius 2 is 2.10 bits per heavy atom. The number of ketones is 1. The molecule has 0 aliphatic carbocycles. The molecule has 2 aromatic rings. The van der Waals surface area contributed by atoms with Gasteiger partial charge in [-0.2, -0.15) is 0 Å². The summed E-state index contributed by atoms with van der Waals surface area (Å²) in [4.78, 5) is 24.6. The van der Waals surface area contributed by atoms with Crippen LogP contribution >= 0.6 is 27.3 Å². The molecule has 0 unspecified atom stereocenters. The molecule has 0 fully saturated rings. The fraction of sp³-hybridized carbons (Fsp3) is 0.143. The number of anilines is 2. The van der Waals surface area contributed by atoms with Gasteiger partial charge in [-0.15, -0.1) is 11.3 Å². The largest absolute Gasteiger partial charge is 0.368 e. The first kappa shape index (κ1) is 14.2. The van der Waals surface area contributed by atoms with Gasteiger partial charge < -0.3 is 10.2 Å². The second-order valence-corrected chi connectivity index (χ2v) is 7.04.